The summed E-state index contributed by atoms with van der Waals surface area (Å²) in [7, 11) is 0. The second-order valence-corrected chi connectivity index (χ2v) is 4.84. The van der Waals surface area contributed by atoms with Crippen LogP contribution in [0, 0.1) is 11.3 Å². The van der Waals surface area contributed by atoms with Crippen molar-refractivity contribution in [3.63, 3.8) is 0 Å². The van der Waals surface area contributed by atoms with Gasteiger partial charge in [0.1, 0.15) is 4.99 Å². The van der Waals surface area contributed by atoms with Crippen LogP contribution in [0.15, 0.2) is 36.4 Å². The van der Waals surface area contributed by atoms with Gasteiger partial charge in [0.2, 0.25) is 0 Å². The average molecular weight is 250 g/mol. The minimum atomic E-state index is 0.423. The Kier molecular flexibility index (Phi) is 2.39. The monoisotopic (exact) mass is 250 g/mol. The molecule has 0 unspecified atom stereocenters. The molecule has 0 radical (unpaired) electrons. The Balaban J connectivity index is 2.14. The van der Waals surface area contributed by atoms with E-state index in [1.165, 1.54) is 22.3 Å². The molecule has 0 bridgehead atoms. The normalized spacial score (nSPS) is 11.5. The predicted molar refractivity (Wildman–Crippen MR) is 75.3 cm³/mol. The molecule has 0 aliphatic heterocycles. The van der Waals surface area contributed by atoms with E-state index >= 15 is 0 Å². The van der Waals surface area contributed by atoms with Crippen LogP contribution in [-0.2, 0) is 6.42 Å². The van der Waals surface area contributed by atoms with Gasteiger partial charge in [0.15, 0.2) is 0 Å². The van der Waals surface area contributed by atoms with Gasteiger partial charge in [-0.05, 0) is 46.9 Å². The summed E-state index contributed by atoms with van der Waals surface area (Å²) in [6, 6.07) is 14.1. The van der Waals surface area contributed by atoms with Gasteiger partial charge in [-0.15, -0.1) is 0 Å². The van der Waals surface area contributed by atoms with Crippen molar-refractivity contribution in [2.75, 3.05) is 0 Å². The van der Waals surface area contributed by atoms with Gasteiger partial charge >= 0.3 is 0 Å². The van der Waals surface area contributed by atoms with Gasteiger partial charge in [-0.3, -0.25) is 0 Å². The molecule has 1 aliphatic rings. The van der Waals surface area contributed by atoms with Crippen molar-refractivity contribution in [1.82, 2.24) is 0 Å². The zero-order chi connectivity index (χ0) is 12.7. The summed E-state index contributed by atoms with van der Waals surface area (Å²) < 4.78 is 0. The third-order valence-corrected chi connectivity index (χ3v) is 3.53. The first-order valence-electron chi connectivity index (χ1n) is 5.65. The molecular formula is C15H10N2S. The Morgan fingerprint density at radius 3 is 2.44 bits per heavy atom. The SMILES string of the molecule is N#Cc1ccc2c(c1)Cc1cc(C(N)=S)ccc1-2. The van der Waals surface area contributed by atoms with Crippen LogP contribution in [-0.4, -0.2) is 4.99 Å². The molecule has 0 fully saturated rings. The number of fused-ring (bicyclic) bond motifs is 3. The van der Waals surface area contributed by atoms with E-state index in [4.69, 9.17) is 23.2 Å². The summed E-state index contributed by atoms with van der Waals surface area (Å²) in [6.07, 6.45) is 0.844. The largest absolute Gasteiger partial charge is 0.389 e. The summed E-state index contributed by atoms with van der Waals surface area (Å²) in [5.41, 5.74) is 12.1. The summed E-state index contributed by atoms with van der Waals surface area (Å²) in [6.45, 7) is 0. The summed E-state index contributed by atoms with van der Waals surface area (Å²) >= 11 is 4.99. The fourth-order valence-corrected chi connectivity index (χ4v) is 2.56. The number of nitrogens with two attached hydrogens (primary N) is 1. The molecule has 0 saturated heterocycles. The number of nitriles is 1. The minimum Gasteiger partial charge on any atom is -0.389 e. The fraction of sp³-hybridized carbons (Fsp3) is 0.0667. The Morgan fingerprint density at radius 1 is 1.11 bits per heavy atom. The van der Waals surface area contributed by atoms with E-state index in [1.807, 2.05) is 30.3 Å². The zero-order valence-corrected chi connectivity index (χ0v) is 10.4. The maximum atomic E-state index is 8.92. The Bertz CT molecular complexity index is 711. The van der Waals surface area contributed by atoms with Crippen molar-refractivity contribution in [3.05, 3.63) is 58.7 Å². The van der Waals surface area contributed by atoms with E-state index in [1.54, 1.807) is 0 Å². The molecule has 2 N–H and O–H groups in total. The first-order valence-corrected chi connectivity index (χ1v) is 6.06. The highest BCUT2D eigenvalue weighted by atomic mass is 32.1. The molecule has 0 aromatic heterocycles. The summed E-state index contributed by atoms with van der Waals surface area (Å²) in [5, 5.41) is 8.92. The van der Waals surface area contributed by atoms with Gasteiger partial charge in [-0.2, -0.15) is 5.26 Å². The maximum Gasteiger partial charge on any atom is 0.103 e. The number of nitrogens with zero attached hydrogens (tertiary/aromatic N) is 1. The Morgan fingerprint density at radius 2 is 1.78 bits per heavy atom. The molecular weight excluding hydrogens is 240 g/mol. The number of hydrogen-bond donors (Lipinski definition) is 1. The number of thiocarbonyl (C=S) groups is 1. The average Bonchev–Trinajstić information content (AvgIpc) is 2.74. The van der Waals surface area contributed by atoms with Crippen LogP contribution in [0.4, 0.5) is 0 Å². The fourth-order valence-electron chi connectivity index (χ4n) is 2.43. The quantitative estimate of drug-likeness (QED) is 0.676. The summed E-state index contributed by atoms with van der Waals surface area (Å²) in [4.78, 5) is 0.423. The maximum absolute atomic E-state index is 8.92. The van der Waals surface area contributed by atoms with E-state index in [-0.39, 0.29) is 0 Å². The van der Waals surface area contributed by atoms with Crippen LogP contribution in [0.25, 0.3) is 11.1 Å². The molecule has 0 atom stereocenters. The highest BCUT2D eigenvalue weighted by Gasteiger charge is 2.19. The Labute approximate surface area is 111 Å². The van der Waals surface area contributed by atoms with Crippen molar-refractivity contribution in [2.24, 2.45) is 5.73 Å². The molecule has 2 aromatic carbocycles. The predicted octanol–water partition coefficient (Wildman–Crippen LogP) is 2.76. The van der Waals surface area contributed by atoms with E-state index in [9.17, 15) is 0 Å². The first-order chi connectivity index (χ1) is 8.69. The highest BCUT2D eigenvalue weighted by Crippen LogP contribution is 2.37. The molecule has 3 rings (SSSR count). The molecule has 1 aliphatic carbocycles. The standard InChI is InChI=1S/C15H10N2S/c16-8-9-1-3-13-11(5-9)7-12-6-10(15(17)18)2-4-14(12)13/h1-6H,7H2,(H2,17,18). The number of hydrogen-bond acceptors (Lipinski definition) is 2. The molecule has 0 amide bonds. The second kappa shape index (κ2) is 3.94. The van der Waals surface area contributed by atoms with Crippen LogP contribution < -0.4 is 5.73 Å². The number of benzene rings is 2. The third-order valence-electron chi connectivity index (χ3n) is 3.30. The minimum absolute atomic E-state index is 0.423. The molecule has 2 nitrogen and oxygen atoms in total. The van der Waals surface area contributed by atoms with Gasteiger partial charge in [0.05, 0.1) is 11.6 Å². The van der Waals surface area contributed by atoms with Gasteiger partial charge in [-0.1, -0.05) is 30.4 Å². The smallest absolute Gasteiger partial charge is 0.103 e. The van der Waals surface area contributed by atoms with Crippen molar-refractivity contribution in [3.8, 4) is 17.2 Å². The molecule has 86 valence electrons. The highest BCUT2D eigenvalue weighted by molar-refractivity contribution is 7.80. The van der Waals surface area contributed by atoms with Crippen molar-refractivity contribution in [2.45, 2.75) is 6.42 Å². The van der Waals surface area contributed by atoms with Crippen LogP contribution in [0.3, 0.4) is 0 Å². The van der Waals surface area contributed by atoms with Crippen LogP contribution in [0.5, 0.6) is 0 Å². The molecule has 2 aromatic rings. The third kappa shape index (κ3) is 1.59. The molecule has 18 heavy (non-hydrogen) atoms. The lowest BCUT2D eigenvalue weighted by Gasteiger charge is -2.03. The van der Waals surface area contributed by atoms with E-state index in [0.717, 1.165) is 12.0 Å². The molecule has 0 spiro atoms. The lowest BCUT2D eigenvalue weighted by molar-refractivity contribution is 1.25. The molecule has 0 saturated carbocycles. The lowest BCUT2D eigenvalue weighted by Crippen LogP contribution is -2.09. The van der Waals surface area contributed by atoms with Crippen LogP contribution >= 0.6 is 12.2 Å². The lowest BCUT2D eigenvalue weighted by atomic mass is 10.0. The second-order valence-electron chi connectivity index (χ2n) is 4.40. The van der Waals surface area contributed by atoms with E-state index in [0.29, 0.717) is 10.6 Å². The van der Waals surface area contributed by atoms with E-state index < -0.39 is 0 Å². The molecule has 3 heteroatoms. The number of rotatable bonds is 1. The van der Waals surface area contributed by atoms with Gasteiger partial charge in [-0.25, -0.2) is 0 Å². The Hall–Kier alpha value is -2.18. The zero-order valence-electron chi connectivity index (χ0n) is 9.60. The van der Waals surface area contributed by atoms with Crippen molar-refractivity contribution in [1.29, 1.82) is 5.26 Å². The topological polar surface area (TPSA) is 49.8 Å². The van der Waals surface area contributed by atoms with Gasteiger partial charge in [0, 0.05) is 5.56 Å². The van der Waals surface area contributed by atoms with Crippen LogP contribution in [0.2, 0.25) is 0 Å². The van der Waals surface area contributed by atoms with Crippen molar-refractivity contribution >= 4 is 17.2 Å². The first kappa shape index (κ1) is 10.9. The summed E-state index contributed by atoms with van der Waals surface area (Å²) in [5.74, 6) is 0. The van der Waals surface area contributed by atoms with Crippen molar-refractivity contribution < 1.29 is 0 Å². The van der Waals surface area contributed by atoms with Gasteiger partial charge < -0.3 is 5.73 Å². The molecule has 0 heterocycles. The van der Waals surface area contributed by atoms with Crippen LogP contribution in [0.1, 0.15) is 22.3 Å². The van der Waals surface area contributed by atoms with Gasteiger partial charge in [0.25, 0.3) is 0 Å². The van der Waals surface area contributed by atoms with E-state index in [2.05, 4.69) is 12.1 Å².